The van der Waals surface area contributed by atoms with E-state index in [1.165, 1.54) is 6.33 Å². The second-order valence-electron chi connectivity index (χ2n) is 4.06. The second kappa shape index (κ2) is 4.93. The van der Waals surface area contributed by atoms with Crippen molar-refractivity contribution in [3.63, 3.8) is 0 Å². The van der Waals surface area contributed by atoms with E-state index in [9.17, 15) is 4.79 Å². The Kier molecular flexibility index (Phi) is 2.96. The molecule has 0 saturated heterocycles. The third kappa shape index (κ3) is 2.14. The molecule has 3 aromatic rings. The van der Waals surface area contributed by atoms with Crippen molar-refractivity contribution in [3.05, 3.63) is 48.4 Å². The molecule has 0 aliphatic carbocycles. The molecule has 0 aliphatic rings. The van der Waals surface area contributed by atoms with Crippen LogP contribution in [0.5, 0.6) is 11.6 Å². The molecule has 0 unspecified atom stereocenters. The van der Waals surface area contributed by atoms with Crippen molar-refractivity contribution >= 4 is 23.0 Å². The molecule has 0 fully saturated rings. The first-order valence-corrected chi connectivity index (χ1v) is 5.86. The summed E-state index contributed by atoms with van der Waals surface area (Å²) < 4.78 is 5.59. The first kappa shape index (κ1) is 12.0. The van der Waals surface area contributed by atoms with Gasteiger partial charge >= 0.3 is 0 Å². The number of aromatic nitrogens is 3. The first-order chi connectivity index (χ1) is 9.78. The van der Waals surface area contributed by atoms with Gasteiger partial charge in [-0.15, -0.1) is 0 Å². The van der Waals surface area contributed by atoms with Gasteiger partial charge in [0.05, 0.1) is 5.52 Å². The van der Waals surface area contributed by atoms with Crippen LogP contribution in [-0.4, -0.2) is 21.2 Å². The number of hydrogen-bond acceptors (Lipinski definition) is 6. The van der Waals surface area contributed by atoms with Gasteiger partial charge in [-0.2, -0.15) is 0 Å². The van der Waals surface area contributed by atoms with E-state index in [-0.39, 0.29) is 17.3 Å². The molecular formula is C14H10N4O2. The molecule has 3 rings (SSSR count). The number of benzene rings is 1. The van der Waals surface area contributed by atoms with Crippen LogP contribution in [0.25, 0.3) is 10.9 Å². The maximum absolute atomic E-state index is 11.0. The van der Waals surface area contributed by atoms with Crippen LogP contribution in [0.4, 0.5) is 5.82 Å². The zero-order valence-corrected chi connectivity index (χ0v) is 10.4. The molecule has 0 amide bonds. The highest BCUT2D eigenvalue weighted by Crippen LogP contribution is 2.26. The summed E-state index contributed by atoms with van der Waals surface area (Å²) in [6.07, 6.45) is 3.52. The minimum absolute atomic E-state index is 0.0870. The Labute approximate surface area is 114 Å². The van der Waals surface area contributed by atoms with Crippen molar-refractivity contribution in [2.75, 3.05) is 5.73 Å². The highest BCUT2D eigenvalue weighted by atomic mass is 16.5. The molecule has 2 heterocycles. The molecule has 98 valence electrons. The minimum Gasteiger partial charge on any atom is -0.438 e. The molecule has 6 nitrogen and oxygen atoms in total. The average Bonchev–Trinajstić information content (AvgIpc) is 2.47. The highest BCUT2D eigenvalue weighted by molar-refractivity contribution is 5.85. The molecule has 0 saturated carbocycles. The maximum Gasteiger partial charge on any atom is 0.235 e. The number of fused-ring (bicyclic) bond motifs is 1. The number of pyridine rings is 1. The number of nitrogen functional groups attached to an aromatic ring is 1. The standard InChI is InChI=1S/C14H10N4O2/c15-13-11(7-19)14(18-8-17-13)20-10-4-3-9-2-1-5-16-12(9)6-10/h1-8H,(H2,15,17,18). The fourth-order valence-electron chi connectivity index (χ4n) is 1.81. The summed E-state index contributed by atoms with van der Waals surface area (Å²) in [4.78, 5) is 22.9. The number of carbonyl (C=O) groups excluding carboxylic acids is 1. The van der Waals surface area contributed by atoms with Crippen LogP contribution >= 0.6 is 0 Å². The number of nitrogens with zero attached hydrogens (tertiary/aromatic N) is 3. The molecule has 0 aliphatic heterocycles. The SMILES string of the molecule is Nc1ncnc(Oc2ccc3cccnc3c2)c1C=O. The molecule has 6 heteroatoms. The van der Waals surface area contributed by atoms with E-state index in [4.69, 9.17) is 10.5 Å². The van der Waals surface area contributed by atoms with Gasteiger partial charge in [0, 0.05) is 17.6 Å². The fourth-order valence-corrected chi connectivity index (χ4v) is 1.81. The van der Waals surface area contributed by atoms with Crippen molar-refractivity contribution in [2.24, 2.45) is 0 Å². The van der Waals surface area contributed by atoms with Gasteiger partial charge in [-0.1, -0.05) is 6.07 Å². The summed E-state index contributed by atoms with van der Waals surface area (Å²) in [6, 6.07) is 9.23. The van der Waals surface area contributed by atoms with Gasteiger partial charge in [-0.05, 0) is 18.2 Å². The van der Waals surface area contributed by atoms with Gasteiger partial charge in [0.15, 0.2) is 6.29 Å². The number of ether oxygens (including phenoxy) is 1. The molecule has 20 heavy (non-hydrogen) atoms. The largest absolute Gasteiger partial charge is 0.438 e. The second-order valence-corrected chi connectivity index (χ2v) is 4.06. The molecular weight excluding hydrogens is 256 g/mol. The number of hydrogen-bond donors (Lipinski definition) is 1. The number of rotatable bonds is 3. The van der Waals surface area contributed by atoms with Crippen LogP contribution in [0.15, 0.2) is 42.9 Å². The van der Waals surface area contributed by atoms with E-state index < -0.39 is 0 Å². The summed E-state index contributed by atoms with van der Waals surface area (Å²) >= 11 is 0. The molecule has 2 aromatic heterocycles. The number of aldehydes is 1. The lowest BCUT2D eigenvalue weighted by Crippen LogP contribution is -2.01. The van der Waals surface area contributed by atoms with Crippen molar-refractivity contribution < 1.29 is 9.53 Å². The molecule has 0 atom stereocenters. The van der Waals surface area contributed by atoms with E-state index in [0.29, 0.717) is 12.0 Å². The van der Waals surface area contributed by atoms with Crippen molar-refractivity contribution in [3.8, 4) is 11.6 Å². The summed E-state index contributed by atoms with van der Waals surface area (Å²) in [6.45, 7) is 0. The average molecular weight is 266 g/mol. The summed E-state index contributed by atoms with van der Waals surface area (Å²) in [5, 5.41) is 0.998. The Bertz CT molecular complexity index is 789. The minimum atomic E-state index is 0.0870. The molecule has 0 radical (unpaired) electrons. The lowest BCUT2D eigenvalue weighted by atomic mass is 10.2. The quantitative estimate of drug-likeness (QED) is 0.731. The molecule has 0 bridgehead atoms. The Morgan fingerprint density at radius 1 is 1.15 bits per heavy atom. The van der Waals surface area contributed by atoms with E-state index in [2.05, 4.69) is 15.0 Å². The topological polar surface area (TPSA) is 91.0 Å². The van der Waals surface area contributed by atoms with Crippen LogP contribution in [0.3, 0.4) is 0 Å². The lowest BCUT2D eigenvalue weighted by molar-refractivity contribution is 0.112. The predicted molar refractivity (Wildman–Crippen MR) is 73.6 cm³/mol. The number of nitrogens with two attached hydrogens (primary N) is 1. The van der Waals surface area contributed by atoms with E-state index in [1.807, 2.05) is 18.2 Å². The normalized spacial score (nSPS) is 10.4. The van der Waals surface area contributed by atoms with Crippen LogP contribution in [-0.2, 0) is 0 Å². The van der Waals surface area contributed by atoms with Crippen molar-refractivity contribution in [1.82, 2.24) is 15.0 Å². The fraction of sp³-hybridized carbons (Fsp3) is 0. The van der Waals surface area contributed by atoms with Crippen LogP contribution in [0.1, 0.15) is 10.4 Å². The van der Waals surface area contributed by atoms with Crippen LogP contribution in [0, 0.1) is 0 Å². The van der Waals surface area contributed by atoms with Crippen LogP contribution < -0.4 is 10.5 Å². The summed E-state index contributed by atoms with van der Waals surface area (Å²) in [5.41, 5.74) is 6.53. The number of carbonyl (C=O) groups is 1. The predicted octanol–water partition coefficient (Wildman–Crippen LogP) is 2.21. The van der Waals surface area contributed by atoms with Gasteiger partial charge in [-0.25, -0.2) is 9.97 Å². The molecule has 1 aromatic carbocycles. The Morgan fingerprint density at radius 3 is 2.90 bits per heavy atom. The van der Waals surface area contributed by atoms with Gasteiger partial charge in [0.2, 0.25) is 5.88 Å². The van der Waals surface area contributed by atoms with Gasteiger partial charge < -0.3 is 10.5 Å². The van der Waals surface area contributed by atoms with E-state index in [0.717, 1.165) is 10.9 Å². The monoisotopic (exact) mass is 266 g/mol. The zero-order valence-electron chi connectivity index (χ0n) is 10.4. The molecule has 0 spiro atoms. The molecule has 2 N–H and O–H groups in total. The Hall–Kier alpha value is -3.02. The summed E-state index contributed by atoms with van der Waals surface area (Å²) in [5.74, 6) is 0.740. The van der Waals surface area contributed by atoms with Gasteiger partial charge in [-0.3, -0.25) is 9.78 Å². The van der Waals surface area contributed by atoms with Gasteiger partial charge in [0.25, 0.3) is 0 Å². The smallest absolute Gasteiger partial charge is 0.235 e. The Balaban J connectivity index is 2.01. The maximum atomic E-state index is 11.0. The van der Waals surface area contributed by atoms with Crippen molar-refractivity contribution in [1.29, 1.82) is 0 Å². The zero-order chi connectivity index (χ0) is 13.9. The van der Waals surface area contributed by atoms with E-state index >= 15 is 0 Å². The third-order valence-corrected chi connectivity index (χ3v) is 2.79. The Morgan fingerprint density at radius 2 is 2.05 bits per heavy atom. The van der Waals surface area contributed by atoms with Crippen LogP contribution in [0.2, 0.25) is 0 Å². The van der Waals surface area contributed by atoms with E-state index in [1.54, 1.807) is 18.3 Å². The summed E-state index contributed by atoms with van der Waals surface area (Å²) in [7, 11) is 0. The lowest BCUT2D eigenvalue weighted by Gasteiger charge is -2.08. The van der Waals surface area contributed by atoms with Gasteiger partial charge in [0.1, 0.15) is 23.5 Å². The number of anilines is 1. The highest BCUT2D eigenvalue weighted by Gasteiger charge is 2.10. The first-order valence-electron chi connectivity index (χ1n) is 5.86. The third-order valence-electron chi connectivity index (χ3n) is 2.79. The van der Waals surface area contributed by atoms with Crippen molar-refractivity contribution in [2.45, 2.75) is 0 Å².